The molecule has 0 aromatic heterocycles. The number of likely N-dealkylation sites (tertiary alicyclic amines) is 1. The number of ether oxygens (including phenoxy) is 1. The van der Waals surface area contributed by atoms with Gasteiger partial charge in [-0.05, 0) is 101 Å². The van der Waals surface area contributed by atoms with Gasteiger partial charge in [0.1, 0.15) is 5.60 Å². The summed E-state index contributed by atoms with van der Waals surface area (Å²) >= 11 is 0. The number of carbonyl (C=O) groups is 2. The van der Waals surface area contributed by atoms with Crippen molar-refractivity contribution in [3.8, 4) is 0 Å². The third-order valence-electron chi connectivity index (χ3n) is 10.4. The van der Waals surface area contributed by atoms with Crippen LogP contribution >= 0.6 is 0 Å². The Morgan fingerprint density at radius 3 is 2.41 bits per heavy atom. The van der Waals surface area contributed by atoms with E-state index >= 15 is 0 Å². The van der Waals surface area contributed by atoms with Crippen molar-refractivity contribution in [2.24, 2.45) is 28.6 Å². The van der Waals surface area contributed by atoms with Crippen LogP contribution in [0.3, 0.4) is 0 Å². The molecule has 0 spiro atoms. The molecule has 188 valence electrons. The van der Waals surface area contributed by atoms with Gasteiger partial charge in [0.25, 0.3) is 0 Å². The molecule has 2 heterocycles. The van der Waals surface area contributed by atoms with Crippen molar-refractivity contribution < 1.29 is 14.3 Å². The fraction of sp³-hybridized carbons (Fsp3) is 0.793. The van der Waals surface area contributed by atoms with E-state index in [1.807, 2.05) is 43.7 Å². The molecule has 1 saturated heterocycles. The van der Waals surface area contributed by atoms with Gasteiger partial charge < -0.3 is 14.5 Å². The molecule has 0 N–H and O–H groups in total. The van der Waals surface area contributed by atoms with E-state index in [-0.39, 0.29) is 17.4 Å². The minimum atomic E-state index is -0.439. The molecule has 3 aliphatic carbocycles. The average Bonchev–Trinajstić information content (AvgIpc) is 3.13. The first-order valence-corrected chi connectivity index (χ1v) is 13.6. The van der Waals surface area contributed by atoms with E-state index in [1.165, 1.54) is 32.1 Å². The number of hydrogen-bond acceptors (Lipinski definition) is 3. The van der Waals surface area contributed by atoms with E-state index in [2.05, 4.69) is 19.9 Å². The minimum absolute atomic E-state index is 0.113. The van der Waals surface area contributed by atoms with Crippen LogP contribution in [0.25, 0.3) is 0 Å². The Morgan fingerprint density at radius 2 is 1.74 bits per heavy atom. The smallest absolute Gasteiger partial charge is 0.410 e. The van der Waals surface area contributed by atoms with Crippen LogP contribution < -0.4 is 0 Å². The van der Waals surface area contributed by atoms with Gasteiger partial charge in [0.15, 0.2) is 0 Å². The number of nitrogens with zero attached hydrogens (tertiary/aromatic N) is 2. The van der Waals surface area contributed by atoms with Crippen LogP contribution in [0, 0.1) is 28.6 Å². The molecular formula is C29H44N2O3. The quantitative estimate of drug-likeness (QED) is 0.413. The Labute approximate surface area is 206 Å². The van der Waals surface area contributed by atoms with Gasteiger partial charge in [-0.1, -0.05) is 31.1 Å². The SMILES string of the molecule is CN1C(=O)C=C[C@@]2(C)C1CC[C@@H]1[C@H]2CC[C@]2(C)C(=C3CCN(C(=O)OC(C)(C)C)CC3)CC[C@@H]12. The van der Waals surface area contributed by atoms with Crippen molar-refractivity contribution in [2.75, 3.05) is 20.1 Å². The van der Waals surface area contributed by atoms with Crippen LogP contribution in [-0.2, 0) is 9.53 Å². The Kier molecular flexibility index (Phi) is 5.72. The lowest BCUT2D eigenvalue weighted by Gasteiger charge is -2.60. The van der Waals surface area contributed by atoms with Crippen molar-refractivity contribution in [1.29, 1.82) is 0 Å². The molecule has 3 saturated carbocycles. The predicted octanol–water partition coefficient (Wildman–Crippen LogP) is 5.95. The predicted molar refractivity (Wildman–Crippen MR) is 134 cm³/mol. The van der Waals surface area contributed by atoms with E-state index in [0.29, 0.717) is 17.4 Å². The molecule has 5 heteroatoms. The molecular weight excluding hydrogens is 424 g/mol. The van der Waals surface area contributed by atoms with Gasteiger partial charge in [-0.2, -0.15) is 0 Å². The summed E-state index contributed by atoms with van der Waals surface area (Å²) < 4.78 is 5.61. The van der Waals surface area contributed by atoms with Gasteiger partial charge in [-0.25, -0.2) is 4.79 Å². The number of allylic oxidation sites excluding steroid dienone is 1. The molecule has 5 aliphatic rings. The molecule has 1 unspecified atom stereocenters. The molecule has 2 aliphatic heterocycles. The summed E-state index contributed by atoms with van der Waals surface area (Å²) in [6, 6.07) is 0.354. The van der Waals surface area contributed by atoms with Crippen LogP contribution in [0.4, 0.5) is 4.79 Å². The van der Waals surface area contributed by atoms with Crippen molar-refractivity contribution in [2.45, 2.75) is 97.6 Å². The van der Waals surface area contributed by atoms with E-state index < -0.39 is 5.60 Å². The summed E-state index contributed by atoms with van der Waals surface area (Å²) in [5.41, 5.74) is 3.35. The van der Waals surface area contributed by atoms with Crippen molar-refractivity contribution in [1.82, 2.24) is 9.80 Å². The number of likely N-dealkylation sites (N-methyl/N-ethyl adjacent to an activating group) is 1. The highest BCUT2D eigenvalue weighted by molar-refractivity contribution is 5.89. The molecule has 6 atom stereocenters. The topological polar surface area (TPSA) is 49.9 Å². The van der Waals surface area contributed by atoms with Crippen molar-refractivity contribution >= 4 is 12.0 Å². The number of carbonyl (C=O) groups excluding carboxylic acids is 2. The zero-order valence-electron chi connectivity index (χ0n) is 22.2. The Bertz CT molecular complexity index is 920. The van der Waals surface area contributed by atoms with Crippen molar-refractivity contribution in [3.05, 3.63) is 23.3 Å². The highest BCUT2D eigenvalue weighted by Crippen LogP contribution is 2.66. The first-order chi connectivity index (χ1) is 15.9. The number of piperidine rings is 1. The van der Waals surface area contributed by atoms with Crippen LogP contribution in [0.5, 0.6) is 0 Å². The molecule has 34 heavy (non-hydrogen) atoms. The second-order valence-corrected chi connectivity index (χ2v) is 13.2. The van der Waals surface area contributed by atoms with E-state index in [4.69, 9.17) is 4.74 Å². The normalized spacial score (nSPS) is 40.1. The minimum Gasteiger partial charge on any atom is -0.444 e. The maximum Gasteiger partial charge on any atom is 0.410 e. The lowest BCUT2D eigenvalue weighted by molar-refractivity contribution is -0.137. The number of fused-ring (bicyclic) bond motifs is 5. The summed E-state index contributed by atoms with van der Waals surface area (Å²) in [7, 11) is 2.00. The third kappa shape index (κ3) is 3.73. The first-order valence-electron chi connectivity index (χ1n) is 13.6. The standard InChI is InChI=1S/C29H44N2O3/c1-27(2,3)34-26(33)31-17-13-19(14-18-31)21-8-9-22-20-7-10-24-29(5,16-12-25(32)30(24)6)23(20)11-15-28(21,22)4/h12,16,20,22-24H,7-11,13-15,17-18H2,1-6H3/t20-,22-,23+,24?,28+,29+/m0/s1. The van der Waals surface area contributed by atoms with E-state index in [0.717, 1.165) is 44.2 Å². The molecule has 5 rings (SSSR count). The summed E-state index contributed by atoms with van der Waals surface area (Å²) in [4.78, 5) is 28.8. The summed E-state index contributed by atoms with van der Waals surface area (Å²) in [5.74, 6) is 2.36. The first kappa shape index (κ1) is 23.9. The number of hydrogen-bond donors (Lipinski definition) is 0. The lowest BCUT2D eigenvalue weighted by atomic mass is 9.48. The largest absolute Gasteiger partial charge is 0.444 e. The van der Waals surface area contributed by atoms with Crippen LogP contribution in [0.1, 0.15) is 86.0 Å². The summed E-state index contributed by atoms with van der Waals surface area (Å²) in [5, 5.41) is 0. The van der Waals surface area contributed by atoms with Gasteiger partial charge >= 0.3 is 6.09 Å². The van der Waals surface area contributed by atoms with Gasteiger partial charge in [-0.15, -0.1) is 0 Å². The molecule has 2 amide bonds. The second-order valence-electron chi connectivity index (χ2n) is 13.2. The lowest BCUT2D eigenvalue weighted by Crippen LogP contribution is -2.59. The van der Waals surface area contributed by atoms with Gasteiger partial charge in [0, 0.05) is 31.6 Å². The Balaban J connectivity index is 1.33. The fourth-order valence-electron chi connectivity index (χ4n) is 8.72. The number of rotatable bonds is 0. The molecule has 0 aromatic rings. The molecule has 4 fully saturated rings. The van der Waals surface area contributed by atoms with Gasteiger partial charge in [0.05, 0.1) is 0 Å². The van der Waals surface area contributed by atoms with Gasteiger partial charge in [-0.3, -0.25) is 4.79 Å². The van der Waals surface area contributed by atoms with E-state index in [9.17, 15) is 9.59 Å². The number of amides is 2. The zero-order chi connectivity index (χ0) is 24.5. The molecule has 0 aromatic carbocycles. The van der Waals surface area contributed by atoms with E-state index in [1.54, 1.807) is 11.1 Å². The average molecular weight is 469 g/mol. The Hall–Kier alpha value is -1.78. The molecule has 0 bridgehead atoms. The van der Waals surface area contributed by atoms with Crippen LogP contribution in [0.2, 0.25) is 0 Å². The highest BCUT2D eigenvalue weighted by atomic mass is 16.6. The van der Waals surface area contributed by atoms with Crippen LogP contribution in [0.15, 0.2) is 23.3 Å². The second kappa shape index (κ2) is 8.13. The van der Waals surface area contributed by atoms with Crippen LogP contribution in [-0.4, -0.2) is 53.6 Å². The monoisotopic (exact) mass is 468 g/mol. The third-order valence-corrected chi connectivity index (χ3v) is 10.4. The highest BCUT2D eigenvalue weighted by Gasteiger charge is 2.59. The molecule has 5 nitrogen and oxygen atoms in total. The van der Waals surface area contributed by atoms with Crippen molar-refractivity contribution in [3.63, 3.8) is 0 Å². The Morgan fingerprint density at radius 1 is 1.03 bits per heavy atom. The maximum atomic E-state index is 12.5. The van der Waals surface area contributed by atoms with Gasteiger partial charge in [0.2, 0.25) is 5.91 Å². The zero-order valence-corrected chi connectivity index (χ0v) is 22.2. The fourth-order valence-corrected chi connectivity index (χ4v) is 8.72. The molecule has 0 radical (unpaired) electrons. The summed E-state index contributed by atoms with van der Waals surface area (Å²) in [6.07, 6.45) is 13.4. The summed E-state index contributed by atoms with van der Waals surface area (Å²) in [6.45, 7) is 12.4. The maximum absolute atomic E-state index is 12.5.